The molecule has 7 heteroatoms. The molecule has 0 aromatic heterocycles. The van der Waals surface area contributed by atoms with Crippen molar-refractivity contribution in [1.29, 1.82) is 0 Å². The second-order valence-electron chi connectivity index (χ2n) is 4.26. The summed E-state index contributed by atoms with van der Waals surface area (Å²) in [4.78, 5) is -0.363. The second kappa shape index (κ2) is 5.09. The second-order valence-corrected chi connectivity index (χ2v) is 5.94. The molecule has 0 saturated carbocycles. The van der Waals surface area contributed by atoms with Crippen molar-refractivity contribution in [3.63, 3.8) is 0 Å². The summed E-state index contributed by atoms with van der Waals surface area (Å²) >= 11 is 0. The number of nitrogen functional groups attached to an aromatic ring is 1. The van der Waals surface area contributed by atoms with Gasteiger partial charge < -0.3 is 5.73 Å². The molecule has 2 aromatic carbocycles. The zero-order valence-corrected chi connectivity index (χ0v) is 11.3. The van der Waals surface area contributed by atoms with E-state index in [2.05, 4.69) is 4.72 Å². The van der Waals surface area contributed by atoms with Gasteiger partial charge in [-0.3, -0.25) is 4.72 Å². The molecule has 0 radical (unpaired) electrons. The van der Waals surface area contributed by atoms with Gasteiger partial charge in [-0.1, -0.05) is 12.1 Å². The first-order valence-corrected chi connectivity index (χ1v) is 7.12. The van der Waals surface area contributed by atoms with E-state index in [1.54, 1.807) is 13.0 Å². The molecule has 0 heterocycles. The molecule has 0 unspecified atom stereocenters. The highest BCUT2D eigenvalue weighted by atomic mass is 32.2. The Morgan fingerprint density at radius 2 is 1.85 bits per heavy atom. The van der Waals surface area contributed by atoms with Crippen molar-refractivity contribution in [2.45, 2.75) is 11.8 Å². The van der Waals surface area contributed by atoms with Gasteiger partial charge in [-0.2, -0.15) is 0 Å². The van der Waals surface area contributed by atoms with E-state index in [0.29, 0.717) is 5.56 Å². The summed E-state index contributed by atoms with van der Waals surface area (Å²) < 4.78 is 53.2. The van der Waals surface area contributed by atoms with Gasteiger partial charge in [-0.05, 0) is 36.8 Å². The van der Waals surface area contributed by atoms with Gasteiger partial charge in [0.1, 0.15) is 11.6 Å². The molecule has 4 nitrogen and oxygen atoms in total. The van der Waals surface area contributed by atoms with E-state index in [1.165, 1.54) is 6.07 Å². The number of hydrogen-bond acceptors (Lipinski definition) is 3. The van der Waals surface area contributed by atoms with Crippen molar-refractivity contribution < 1.29 is 17.2 Å². The lowest BCUT2D eigenvalue weighted by Gasteiger charge is -2.11. The van der Waals surface area contributed by atoms with Crippen LogP contribution in [0.1, 0.15) is 5.56 Å². The van der Waals surface area contributed by atoms with Crippen molar-refractivity contribution in [2.75, 3.05) is 10.5 Å². The van der Waals surface area contributed by atoms with E-state index >= 15 is 0 Å². The number of benzene rings is 2. The molecule has 0 aliphatic rings. The third-order valence-electron chi connectivity index (χ3n) is 2.66. The number of para-hydroxylation sites is 1. The molecular formula is C13H12F2N2O2S. The third kappa shape index (κ3) is 2.88. The highest BCUT2D eigenvalue weighted by Gasteiger charge is 2.18. The number of nitrogens with two attached hydrogens (primary N) is 1. The number of anilines is 2. The lowest BCUT2D eigenvalue weighted by atomic mass is 10.2. The summed E-state index contributed by atoms with van der Waals surface area (Å²) in [6.07, 6.45) is 0. The number of aryl methyl sites for hydroxylation is 1. The molecule has 0 atom stereocenters. The van der Waals surface area contributed by atoms with E-state index in [4.69, 9.17) is 5.73 Å². The van der Waals surface area contributed by atoms with Crippen molar-refractivity contribution >= 4 is 21.4 Å². The number of sulfonamides is 1. The number of hydrogen-bond donors (Lipinski definition) is 2. The summed E-state index contributed by atoms with van der Waals surface area (Å²) in [5.41, 5.74) is 5.61. The van der Waals surface area contributed by atoms with E-state index in [1.807, 2.05) is 0 Å². The first-order valence-electron chi connectivity index (χ1n) is 5.63. The van der Waals surface area contributed by atoms with Gasteiger partial charge in [-0.25, -0.2) is 17.2 Å². The Hall–Kier alpha value is -2.15. The van der Waals surface area contributed by atoms with E-state index < -0.39 is 21.7 Å². The number of halogens is 2. The minimum atomic E-state index is -4.11. The van der Waals surface area contributed by atoms with Gasteiger partial charge in [0.05, 0.1) is 10.6 Å². The molecule has 20 heavy (non-hydrogen) atoms. The molecule has 0 amide bonds. The average molecular weight is 298 g/mol. The van der Waals surface area contributed by atoms with Gasteiger partial charge in [-0.15, -0.1) is 0 Å². The monoisotopic (exact) mass is 298 g/mol. The van der Waals surface area contributed by atoms with Crippen molar-refractivity contribution in [3.8, 4) is 0 Å². The SMILES string of the molecule is Cc1cccc(F)c1NS(=O)(=O)c1cc(N)cc(F)c1. The van der Waals surface area contributed by atoms with E-state index in [9.17, 15) is 17.2 Å². The highest BCUT2D eigenvalue weighted by Crippen LogP contribution is 2.24. The Labute approximate surface area is 115 Å². The van der Waals surface area contributed by atoms with Crippen molar-refractivity contribution in [1.82, 2.24) is 0 Å². The molecule has 2 aromatic rings. The fourth-order valence-electron chi connectivity index (χ4n) is 1.69. The van der Waals surface area contributed by atoms with Gasteiger partial charge in [0.15, 0.2) is 0 Å². The Morgan fingerprint density at radius 3 is 2.45 bits per heavy atom. The summed E-state index contributed by atoms with van der Waals surface area (Å²) in [5.74, 6) is -1.49. The fraction of sp³-hybridized carbons (Fsp3) is 0.0769. The standard InChI is InChI=1S/C13H12F2N2O2S/c1-8-3-2-4-12(15)13(8)17-20(18,19)11-6-9(14)5-10(16)7-11/h2-7,17H,16H2,1H3. The van der Waals surface area contributed by atoms with Crippen LogP contribution in [-0.4, -0.2) is 8.42 Å². The summed E-state index contributed by atoms with van der Waals surface area (Å²) in [6, 6.07) is 7.05. The Balaban J connectivity index is 2.46. The summed E-state index contributed by atoms with van der Waals surface area (Å²) in [5, 5.41) is 0. The van der Waals surface area contributed by atoms with Crippen LogP contribution >= 0.6 is 0 Å². The van der Waals surface area contributed by atoms with Crippen molar-refractivity contribution in [2.24, 2.45) is 0 Å². The van der Waals surface area contributed by atoms with Gasteiger partial charge in [0, 0.05) is 5.69 Å². The predicted molar refractivity (Wildman–Crippen MR) is 72.8 cm³/mol. The van der Waals surface area contributed by atoms with Crippen LogP contribution in [-0.2, 0) is 10.0 Å². The van der Waals surface area contributed by atoms with Crippen LogP contribution in [0.25, 0.3) is 0 Å². The predicted octanol–water partition coefficient (Wildman–Crippen LogP) is 2.66. The third-order valence-corrected chi connectivity index (χ3v) is 3.99. The minimum Gasteiger partial charge on any atom is -0.399 e. The summed E-state index contributed by atoms with van der Waals surface area (Å²) in [7, 11) is -4.11. The van der Waals surface area contributed by atoms with E-state index in [0.717, 1.165) is 24.3 Å². The number of nitrogens with one attached hydrogen (secondary N) is 1. The quantitative estimate of drug-likeness (QED) is 0.856. The van der Waals surface area contributed by atoms with Crippen LogP contribution in [0.15, 0.2) is 41.3 Å². The maximum atomic E-state index is 13.6. The largest absolute Gasteiger partial charge is 0.399 e. The molecular weight excluding hydrogens is 286 g/mol. The van der Waals surface area contributed by atoms with Gasteiger partial charge >= 0.3 is 0 Å². The van der Waals surface area contributed by atoms with Gasteiger partial charge in [0.25, 0.3) is 10.0 Å². The zero-order chi connectivity index (χ0) is 14.9. The Kier molecular flexibility index (Phi) is 3.63. The molecule has 3 N–H and O–H groups in total. The Morgan fingerprint density at radius 1 is 1.15 bits per heavy atom. The fourth-order valence-corrected chi connectivity index (χ4v) is 2.90. The molecule has 0 aliphatic heterocycles. The lowest BCUT2D eigenvalue weighted by Crippen LogP contribution is -2.15. The molecule has 0 aliphatic carbocycles. The molecule has 2 rings (SSSR count). The molecule has 0 saturated heterocycles. The maximum Gasteiger partial charge on any atom is 0.262 e. The van der Waals surface area contributed by atoms with Crippen LogP contribution in [0.2, 0.25) is 0 Å². The van der Waals surface area contributed by atoms with Crippen LogP contribution in [0.4, 0.5) is 20.2 Å². The smallest absolute Gasteiger partial charge is 0.262 e. The highest BCUT2D eigenvalue weighted by molar-refractivity contribution is 7.92. The van der Waals surface area contributed by atoms with Gasteiger partial charge in [0.2, 0.25) is 0 Å². The molecule has 0 bridgehead atoms. The Bertz CT molecular complexity index is 720. The van der Waals surface area contributed by atoms with Crippen molar-refractivity contribution in [3.05, 3.63) is 53.6 Å². The molecule has 0 spiro atoms. The maximum absolute atomic E-state index is 13.6. The van der Waals surface area contributed by atoms with Crippen LogP contribution in [0.5, 0.6) is 0 Å². The van der Waals surface area contributed by atoms with E-state index in [-0.39, 0.29) is 16.3 Å². The van der Waals surface area contributed by atoms with Crippen LogP contribution in [0, 0.1) is 18.6 Å². The topological polar surface area (TPSA) is 72.2 Å². The minimum absolute atomic E-state index is 0.0318. The zero-order valence-electron chi connectivity index (χ0n) is 10.5. The normalized spacial score (nSPS) is 11.3. The first kappa shape index (κ1) is 14.3. The average Bonchev–Trinajstić information content (AvgIpc) is 2.33. The molecule has 106 valence electrons. The van der Waals surface area contributed by atoms with Crippen LogP contribution < -0.4 is 10.5 Å². The number of rotatable bonds is 3. The van der Waals surface area contributed by atoms with Crippen LogP contribution in [0.3, 0.4) is 0 Å². The molecule has 0 fully saturated rings. The lowest BCUT2D eigenvalue weighted by molar-refractivity contribution is 0.593. The first-order chi connectivity index (χ1) is 9.29. The summed E-state index contributed by atoms with van der Waals surface area (Å²) in [6.45, 7) is 1.56.